The molecule has 3 aromatic carbocycles. The van der Waals surface area contributed by atoms with Gasteiger partial charge in [-0.2, -0.15) is 0 Å². The highest BCUT2D eigenvalue weighted by atomic mass is 16.5. The Hall–Kier alpha value is -4.06. The molecule has 0 aliphatic carbocycles. The van der Waals surface area contributed by atoms with Crippen molar-refractivity contribution in [1.82, 2.24) is 4.90 Å². The average molecular weight is 429 g/mol. The van der Waals surface area contributed by atoms with Crippen LogP contribution in [0.2, 0.25) is 0 Å². The van der Waals surface area contributed by atoms with Crippen molar-refractivity contribution in [2.24, 2.45) is 0 Å². The van der Waals surface area contributed by atoms with Crippen molar-refractivity contribution in [1.29, 1.82) is 0 Å². The first kappa shape index (κ1) is 21.2. The minimum absolute atomic E-state index is 0.272. The number of nitrogens with zero attached hydrogens (tertiary/aromatic N) is 1. The van der Waals surface area contributed by atoms with Crippen molar-refractivity contribution < 1.29 is 24.2 Å². The molecular weight excluding hydrogens is 406 g/mol. The first-order chi connectivity index (χ1) is 15.5. The number of rotatable bonds is 6. The number of ether oxygens (including phenoxy) is 2. The molecule has 1 N–H and O–H groups in total. The molecule has 162 valence electrons. The number of hydrogen-bond donors (Lipinski definition) is 1. The summed E-state index contributed by atoms with van der Waals surface area (Å²) in [6.07, 6.45) is 0. The van der Waals surface area contributed by atoms with Gasteiger partial charge in [-0.15, -0.1) is 0 Å². The van der Waals surface area contributed by atoms with Crippen molar-refractivity contribution in [3.63, 3.8) is 0 Å². The monoisotopic (exact) mass is 429 g/mol. The molecule has 0 bridgehead atoms. The first-order valence-electron chi connectivity index (χ1n) is 10.1. The number of carbonyl (C=O) groups excluding carboxylic acids is 2. The predicted octanol–water partition coefficient (Wildman–Crippen LogP) is 4.53. The molecule has 1 aliphatic rings. The molecule has 1 heterocycles. The molecule has 0 saturated carbocycles. The zero-order valence-corrected chi connectivity index (χ0v) is 17.8. The molecule has 1 atom stereocenters. The van der Waals surface area contributed by atoms with Crippen LogP contribution >= 0.6 is 0 Å². The average Bonchev–Trinajstić information content (AvgIpc) is 3.09. The van der Waals surface area contributed by atoms with Gasteiger partial charge in [-0.25, -0.2) is 4.79 Å². The van der Waals surface area contributed by atoms with Crippen LogP contribution in [0.15, 0.2) is 84.6 Å². The van der Waals surface area contributed by atoms with Crippen LogP contribution < -0.4 is 4.74 Å². The van der Waals surface area contributed by atoms with E-state index in [0.717, 1.165) is 22.4 Å². The predicted molar refractivity (Wildman–Crippen MR) is 120 cm³/mol. The normalized spacial score (nSPS) is 15.8. The fourth-order valence-electron chi connectivity index (χ4n) is 3.92. The fourth-order valence-corrected chi connectivity index (χ4v) is 3.92. The summed E-state index contributed by atoms with van der Waals surface area (Å²) >= 11 is 0. The second kappa shape index (κ2) is 8.98. The lowest BCUT2D eigenvalue weighted by Crippen LogP contribution is -2.29. The van der Waals surface area contributed by atoms with Gasteiger partial charge in [0.1, 0.15) is 5.75 Å². The molecule has 6 nitrogen and oxygen atoms in total. The molecule has 1 aliphatic heterocycles. The molecule has 4 rings (SSSR count). The van der Waals surface area contributed by atoms with Crippen LogP contribution in [0.1, 0.15) is 33.1 Å². The number of benzene rings is 3. The van der Waals surface area contributed by atoms with Crippen molar-refractivity contribution in [2.45, 2.75) is 12.6 Å². The maximum atomic E-state index is 13.1. The number of amides is 1. The van der Waals surface area contributed by atoms with Gasteiger partial charge in [0.15, 0.2) is 5.76 Å². The summed E-state index contributed by atoms with van der Waals surface area (Å²) in [6, 6.07) is 23.2. The molecule has 1 amide bonds. The lowest BCUT2D eigenvalue weighted by molar-refractivity contribution is -0.130. The summed E-state index contributed by atoms with van der Waals surface area (Å²) in [4.78, 5) is 26.6. The van der Waals surface area contributed by atoms with E-state index in [1.54, 1.807) is 36.3 Å². The third-order valence-electron chi connectivity index (χ3n) is 5.55. The quantitative estimate of drug-likeness (QED) is 0.583. The second-order valence-corrected chi connectivity index (χ2v) is 7.43. The molecule has 0 aromatic heterocycles. The van der Waals surface area contributed by atoms with E-state index >= 15 is 0 Å². The topological polar surface area (TPSA) is 76.1 Å². The highest BCUT2D eigenvalue weighted by Crippen LogP contribution is 2.43. The summed E-state index contributed by atoms with van der Waals surface area (Å²) in [6.45, 7) is 0.298. The minimum Gasteiger partial charge on any atom is -0.503 e. The number of methoxy groups -OCH3 is 2. The van der Waals surface area contributed by atoms with E-state index < -0.39 is 17.9 Å². The van der Waals surface area contributed by atoms with Crippen LogP contribution in [0.5, 0.6) is 5.75 Å². The van der Waals surface area contributed by atoms with Crippen LogP contribution in [-0.4, -0.2) is 36.1 Å². The zero-order valence-electron chi connectivity index (χ0n) is 17.8. The highest BCUT2D eigenvalue weighted by molar-refractivity contribution is 6.05. The van der Waals surface area contributed by atoms with Gasteiger partial charge in [0.05, 0.1) is 25.8 Å². The van der Waals surface area contributed by atoms with E-state index in [0.29, 0.717) is 17.7 Å². The maximum absolute atomic E-state index is 13.1. The summed E-state index contributed by atoms with van der Waals surface area (Å²) < 4.78 is 10.00. The van der Waals surface area contributed by atoms with Crippen molar-refractivity contribution in [3.05, 3.63) is 107 Å². The molecule has 6 heteroatoms. The van der Waals surface area contributed by atoms with Gasteiger partial charge in [0.2, 0.25) is 0 Å². The molecule has 0 unspecified atom stereocenters. The molecule has 32 heavy (non-hydrogen) atoms. The molecule has 0 fully saturated rings. The van der Waals surface area contributed by atoms with Crippen LogP contribution in [0, 0.1) is 0 Å². The summed E-state index contributed by atoms with van der Waals surface area (Å²) in [5.74, 6) is -0.424. The van der Waals surface area contributed by atoms with Crippen molar-refractivity contribution in [3.8, 4) is 5.75 Å². The van der Waals surface area contributed by atoms with Crippen molar-refractivity contribution >= 4 is 17.4 Å². The Morgan fingerprint density at radius 1 is 0.938 bits per heavy atom. The number of carbonyl (C=O) groups is 2. The van der Waals surface area contributed by atoms with Gasteiger partial charge in [0.25, 0.3) is 5.91 Å². The second-order valence-electron chi connectivity index (χ2n) is 7.43. The number of hydrogen-bond acceptors (Lipinski definition) is 5. The van der Waals surface area contributed by atoms with E-state index in [1.807, 2.05) is 54.6 Å². The van der Waals surface area contributed by atoms with E-state index in [9.17, 15) is 14.7 Å². The lowest BCUT2D eigenvalue weighted by Gasteiger charge is -2.27. The van der Waals surface area contributed by atoms with E-state index in [2.05, 4.69) is 0 Å². The highest BCUT2D eigenvalue weighted by Gasteiger charge is 2.41. The number of aliphatic hydroxyl groups is 1. The van der Waals surface area contributed by atoms with E-state index in [-0.39, 0.29) is 5.76 Å². The smallest absolute Gasteiger partial charge is 0.337 e. The summed E-state index contributed by atoms with van der Waals surface area (Å²) in [5.41, 5.74) is 3.39. The maximum Gasteiger partial charge on any atom is 0.337 e. The first-order valence-corrected chi connectivity index (χ1v) is 10.1. The van der Waals surface area contributed by atoms with Crippen LogP contribution in [0.4, 0.5) is 0 Å². The Bertz CT molecular complexity index is 1150. The van der Waals surface area contributed by atoms with Gasteiger partial charge in [-0.3, -0.25) is 4.79 Å². The Morgan fingerprint density at radius 2 is 1.59 bits per heavy atom. The standard InChI is InChI=1S/C26H23NO5/c1-31-21-14-8-17(9-15-21)16-27-23(19-10-12-20(13-11-19)26(30)32-2)22(24(28)25(27)29)18-6-4-3-5-7-18/h3-15,23,28H,16H2,1-2H3/t23-/m1/s1. The van der Waals surface area contributed by atoms with E-state index in [4.69, 9.17) is 9.47 Å². The molecule has 0 radical (unpaired) electrons. The third-order valence-corrected chi connectivity index (χ3v) is 5.55. The van der Waals surface area contributed by atoms with Gasteiger partial charge >= 0.3 is 5.97 Å². The summed E-state index contributed by atoms with van der Waals surface area (Å²) in [5, 5.41) is 10.8. The third kappa shape index (κ3) is 3.95. The largest absolute Gasteiger partial charge is 0.503 e. The fraction of sp³-hybridized carbons (Fsp3) is 0.154. The van der Waals surface area contributed by atoms with Gasteiger partial charge < -0.3 is 19.5 Å². The van der Waals surface area contributed by atoms with E-state index in [1.165, 1.54) is 7.11 Å². The van der Waals surface area contributed by atoms with Crippen molar-refractivity contribution in [2.75, 3.05) is 14.2 Å². The van der Waals surface area contributed by atoms with Gasteiger partial charge in [-0.05, 0) is 41.0 Å². The number of aliphatic hydroxyl groups excluding tert-OH is 1. The molecule has 0 spiro atoms. The molecular formula is C26H23NO5. The van der Waals surface area contributed by atoms with Crippen LogP contribution in [0.25, 0.3) is 5.57 Å². The zero-order chi connectivity index (χ0) is 22.7. The number of esters is 1. The van der Waals surface area contributed by atoms with Gasteiger partial charge in [0, 0.05) is 12.1 Å². The minimum atomic E-state index is -0.515. The molecule has 3 aromatic rings. The molecule has 0 saturated heterocycles. The lowest BCUT2D eigenvalue weighted by atomic mass is 9.93. The Kier molecular flexibility index (Phi) is 5.94. The Balaban J connectivity index is 1.76. The van der Waals surface area contributed by atoms with Crippen LogP contribution in [-0.2, 0) is 16.1 Å². The Morgan fingerprint density at radius 3 is 2.19 bits per heavy atom. The summed E-state index contributed by atoms with van der Waals surface area (Å²) in [7, 11) is 2.93. The Labute approximate surface area is 186 Å². The van der Waals surface area contributed by atoms with Crippen LogP contribution in [0.3, 0.4) is 0 Å². The SMILES string of the molecule is COC(=O)c1ccc([C@@H]2C(c3ccccc3)=C(O)C(=O)N2Cc2ccc(OC)cc2)cc1. The van der Waals surface area contributed by atoms with Gasteiger partial charge in [-0.1, -0.05) is 54.6 Å².